The Balaban J connectivity index is 4.20. The minimum atomic E-state index is 0.411. The highest BCUT2D eigenvalue weighted by atomic mass is 14.3. The second kappa shape index (κ2) is 9.13. The molecule has 0 aliphatic carbocycles. The van der Waals surface area contributed by atoms with Crippen LogP contribution in [0.3, 0.4) is 0 Å². The van der Waals surface area contributed by atoms with E-state index in [9.17, 15) is 0 Å². The summed E-state index contributed by atoms with van der Waals surface area (Å²) < 4.78 is 0. The van der Waals surface area contributed by atoms with E-state index >= 15 is 0 Å². The summed E-state index contributed by atoms with van der Waals surface area (Å²) in [7, 11) is 6.40. The lowest BCUT2D eigenvalue weighted by molar-refractivity contribution is 0.205. The van der Waals surface area contributed by atoms with Gasteiger partial charge in [0.05, 0.1) is 7.85 Å². The molecule has 0 saturated heterocycles. The van der Waals surface area contributed by atoms with Gasteiger partial charge in [0.2, 0.25) is 0 Å². The highest BCUT2D eigenvalue weighted by molar-refractivity contribution is 6.12. The normalized spacial score (nSPS) is 14.0. The van der Waals surface area contributed by atoms with E-state index < -0.39 is 0 Å². The predicted octanol–water partition coefficient (Wildman–Crippen LogP) is 5.52. The largest absolute Gasteiger partial charge is 0.0719 e. The second-order valence-corrected chi connectivity index (χ2v) is 5.28. The Kier molecular flexibility index (Phi) is 9.17. The summed E-state index contributed by atoms with van der Waals surface area (Å²) in [5.41, 5.74) is 0.420. The third kappa shape index (κ3) is 4.93. The molecule has 1 atom stereocenters. The van der Waals surface area contributed by atoms with E-state index in [1.807, 2.05) is 0 Å². The van der Waals surface area contributed by atoms with E-state index in [1.54, 1.807) is 0 Å². The van der Waals surface area contributed by atoms with Crippen molar-refractivity contribution in [2.75, 3.05) is 0 Å². The van der Waals surface area contributed by atoms with Crippen LogP contribution in [0.4, 0.5) is 0 Å². The molecule has 94 valence electrons. The third-order valence-corrected chi connectivity index (χ3v) is 4.32. The van der Waals surface area contributed by atoms with Crippen LogP contribution in [0.1, 0.15) is 85.5 Å². The molecule has 0 aromatic heterocycles. The van der Waals surface area contributed by atoms with Crippen LogP contribution in [-0.2, 0) is 0 Å². The van der Waals surface area contributed by atoms with E-state index in [0.717, 1.165) is 0 Å². The van der Waals surface area contributed by atoms with Crippen molar-refractivity contribution >= 4 is 7.85 Å². The van der Waals surface area contributed by atoms with Gasteiger partial charge in [0.15, 0.2) is 0 Å². The molecule has 0 spiro atoms. The zero-order valence-electron chi connectivity index (χ0n) is 12.0. The topological polar surface area (TPSA) is 0 Å². The van der Waals surface area contributed by atoms with Gasteiger partial charge in [-0.05, 0) is 11.8 Å². The molecule has 0 fully saturated rings. The summed E-state index contributed by atoms with van der Waals surface area (Å²) in [5, 5.41) is 0. The zero-order chi connectivity index (χ0) is 12.4. The van der Waals surface area contributed by atoms with Gasteiger partial charge in [-0.2, -0.15) is 0 Å². The van der Waals surface area contributed by atoms with Gasteiger partial charge in [0.1, 0.15) is 0 Å². The lowest BCUT2D eigenvalue weighted by atomic mass is 9.58. The highest BCUT2D eigenvalue weighted by Gasteiger charge is 2.30. The number of rotatable bonds is 10. The molecule has 1 unspecified atom stereocenters. The molecule has 0 nitrogen and oxygen atoms in total. The van der Waals surface area contributed by atoms with Crippen molar-refractivity contribution in [3.63, 3.8) is 0 Å². The van der Waals surface area contributed by atoms with Crippen LogP contribution in [0, 0.1) is 5.41 Å². The van der Waals surface area contributed by atoms with E-state index in [4.69, 9.17) is 7.85 Å². The summed E-state index contributed by atoms with van der Waals surface area (Å²) in [6.45, 7) is 9.15. The fourth-order valence-electron chi connectivity index (χ4n) is 2.83. The van der Waals surface area contributed by atoms with E-state index in [2.05, 4.69) is 27.7 Å². The SMILES string of the molecule is [B]C(CCC)C(CC)(CC)CCCCCC. The molecule has 0 aliphatic heterocycles. The molecule has 0 N–H and O–H groups in total. The van der Waals surface area contributed by atoms with Crippen molar-refractivity contribution in [3.8, 4) is 0 Å². The first-order valence-electron chi connectivity index (χ1n) is 7.42. The van der Waals surface area contributed by atoms with Crippen LogP contribution >= 0.6 is 0 Å². The third-order valence-electron chi connectivity index (χ3n) is 4.32. The molecule has 0 rings (SSSR count). The maximum absolute atomic E-state index is 6.40. The maximum Gasteiger partial charge on any atom is 0.0707 e. The average Bonchev–Trinajstić information content (AvgIpc) is 2.30. The fourth-order valence-corrected chi connectivity index (χ4v) is 2.83. The Morgan fingerprint density at radius 2 is 1.50 bits per heavy atom. The summed E-state index contributed by atoms with van der Waals surface area (Å²) in [6.07, 6.45) is 11.7. The summed E-state index contributed by atoms with van der Waals surface area (Å²) in [5.74, 6) is 0.411. The van der Waals surface area contributed by atoms with E-state index in [-0.39, 0.29) is 0 Å². The van der Waals surface area contributed by atoms with Gasteiger partial charge < -0.3 is 0 Å². The molecule has 0 saturated carbocycles. The zero-order valence-corrected chi connectivity index (χ0v) is 12.0. The Morgan fingerprint density at radius 3 is 1.94 bits per heavy atom. The predicted molar refractivity (Wildman–Crippen MR) is 76.2 cm³/mol. The molecule has 0 aromatic carbocycles. The van der Waals surface area contributed by atoms with Crippen molar-refractivity contribution in [2.24, 2.45) is 5.41 Å². The first kappa shape index (κ1) is 16.1. The van der Waals surface area contributed by atoms with Crippen molar-refractivity contribution in [2.45, 2.75) is 91.3 Å². The molecular formula is C15H31B. The van der Waals surface area contributed by atoms with Crippen molar-refractivity contribution < 1.29 is 0 Å². The van der Waals surface area contributed by atoms with Crippen LogP contribution in [0.2, 0.25) is 5.82 Å². The van der Waals surface area contributed by atoms with Gasteiger partial charge in [-0.15, -0.1) is 0 Å². The molecule has 2 radical (unpaired) electrons. The van der Waals surface area contributed by atoms with Crippen LogP contribution < -0.4 is 0 Å². The molecular weight excluding hydrogens is 191 g/mol. The maximum atomic E-state index is 6.40. The molecule has 0 aliphatic rings. The number of hydrogen-bond donors (Lipinski definition) is 0. The minimum Gasteiger partial charge on any atom is -0.0719 e. The van der Waals surface area contributed by atoms with Crippen molar-refractivity contribution in [1.29, 1.82) is 0 Å². The van der Waals surface area contributed by atoms with Crippen LogP contribution in [0.15, 0.2) is 0 Å². The van der Waals surface area contributed by atoms with E-state index in [0.29, 0.717) is 11.2 Å². The van der Waals surface area contributed by atoms with Crippen molar-refractivity contribution in [3.05, 3.63) is 0 Å². The second-order valence-electron chi connectivity index (χ2n) is 5.28. The Labute approximate surface area is 105 Å². The molecule has 16 heavy (non-hydrogen) atoms. The van der Waals surface area contributed by atoms with Gasteiger partial charge in [-0.3, -0.25) is 0 Å². The van der Waals surface area contributed by atoms with Crippen LogP contribution in [0.25, 0.3) is 0 Å². The molecule has 0 bridgehead atoms. The van der Waals surface area contributed by atoms with Gasteiger partial charge in [0.25, 0.3) is 0 Å². The van der Waals surface area contributed by atoms with Gasteiger partial charge in [-0.1, -0.05) is 84.9 Å². The molecule has 0 amide bonds. The van der Waals surface area contributed by atoms with Gasteiger partial charge in [-0.25, -0.2) is 0 Å². The monoisotopic (exact) mass is 222 g/mol. The minimum absolute atomic E-state index is 0.411. The molecule has 0 aromatic rings. The van der Waals surface area contributed by atoms with Crippen molar-refractivity contribution in [1.82, 2.24) is 0 Å². The quantitative estimate of drug-likeness (QED) is 0.337. The lowest BCUT2D eigenvalue weighted by Gasteiger charge is -2.39. The summed E-state index contributed by atoms with van der Waals surface area (Å²) in [6, 6.07) is 0. The van der Waals surface area contributed by atoms with E-state index in [1.165, 1.54) is 57.8 Å². The summed E-state index contributed by atoms with van der Waals surface area (Å²) in [4.78, 5) is 0. The highest BCUT2D eigenvalue weighted by Crippen LogP contribution is 2.44. The number of hydrogen-bond acceptors (Lipinski definition) is 0. The van der Waals surface area contributed by atoms with Crippen LogP contribution in [0.5, 0.6) is 0 Å². The lowest BCUT2D eigenvalue weighted by Crippen LogP contribution is -2.25. The molecule has 1 heteroatoms. The molecule has 0 heterocycles. The standard InChI is InChI=1S/C15H31B/c1-5-9-10-11-13-15(7-3,8-4)14(16)12-6-2/h14H,5-13H2,1-4H3. The Hall–Kier alpha value is 0.0649. The van der Waals surface area contributed by atoms with Crippen LogP contribution in [-0.4, -0.2) is 7.85 Å². The smallest absolute Gasteiger partial charge is 0.0707 e. The first-order valence-corrected chi connectivity index (χ1v) is 7.42. The van der Waals surface area contributed by atoms with Gasteiger partial charge >= 0.3 is 0 Å². The first-order chi connectivity index (χ1) is 7.66. The fraction of sp³-hybridized carbons (Fsp3) is 1.00. The van der Waals surface area contributed by atoms with Gasteiger partial charge in [0, 0.05) is 0 Å². The Morgan fingerprint density at radius 1 is 0.875 bits per heavy atom. The summed E-state index contributed by atoms with van der Waals surface area (Å²) >= 11 is 0. The Bertz CT molecular complexity index is 150. The number of unbranched alkanes of at least 4 members (excludes halogenated alkanes) is 3. The average molecular weight is 222 g/mol.